The molecule has 3 aromatic heterocycles. The highest BCUT2D eigenvalue weighted by molar-refractivity contribution is 7.17. The van der Waals surface area contributed by atoms with Crippen molar-refractivity contribution < 1.29 is 19.4 Å². The molecule has 2 N–H and O–H groups in total. The number of anilines is 1. The number of aliphatic hydroxyl groups is 1. The van der Waals surface area contributed by atoms with Crippen LogP contribution in [0.5, 0.6) is 10.9 Å². The standard InChI is InChI=1S/C21H22ClN5O4S/c1-10-5-11(12-6-17(22)24-9-14(12)30-4)13(8-23-10)18(29)25-19-26-27-20(32-19)31-16-7-15(28)21(16,2)3/h5-6,8-9,15-16,28H,7H2,1-4H3,(H,25,26,29)/t15-,16-/m1/s1. The van der Waals surface area contributed by atoms with Gasteiger partial charge in [-0.2, -0.15) is 0 Å². The van der Waals surface area contributed by atoms with Crippen LogP contribution in [-0.2, 0) is 0 Å². The van der Waals surface area contributed by atoms with Crippen LogP contribution in [0, 0.1) is 12.3 Å². The summed E-state index contributed by atoms with van der Waals surface area (Å²) in [6.07, 6.45) is 2.95. The molecule has 11 heteroatoms. The summed E-state index contributed by atoms with van der Waals surface area (Å²) in [5, 5.41) is 21.5. The first-order valence-electron chi connectivity index (χ1n) is 9.85. The Labute approximate surface area is 193 Å². The number of hydrogen-bond acceptors (Lipinski definition) is 9. The molecule has 2 atom stereocenters. The van der Waals surface area contributed by atoms with Crippen molar-refractivity contribution in [2.24, 2.45) is 5.41 Å². The van der Waals surface area contributed by atoms with Gasteiger partial charge in [-0.05, 0) is 30.4 Å². The minimum absolute atomic E-state index is 0.161. The number of aromatic nitrogens is 4. The second-order valence-corrected chi connectivity index (χ2v) is 9.41. The first-order valence-corrected chi connectivity index (χ1v) is 11.0. The van der Waals surface area contributed by atoms with E-state index in [0.717, 1.165) is 17.0 Å². The summed E-state index contributed by atoms with van der Waals surface area (Å²) in [7, 11) is 1.52. The van der Waals surface area contributed by atoms with Crippen molar-refractivity contribution in [3.63, 3.8) is 0 Å². The molecule has 1 saturated carbocycles. The predicted molar refractivity (Wildman–Crippen MR) is 120 cm³/mol. The number of aryl methyl sites for hydroxylation is 1. The van der Waals surface area contributed by atoms with Gasteiger partial charge in [0.25, 0.3) is 11.1 Å². The zero-order valence-electron chi connectivity index (χ0n) is 17.9. The van der Waals surface area contributed by atoms with Gasteiger partial charge >= 0.3 is 0 Å². The highest BCUT2D eigenvalue weighted by Gasteiger charge is 2.49. The Morgan fingerprint density at radius 3 is 2.72 bits per heavy atom. The molecule has 0 unspecified atom stereocenters. The lowest BCUT2D eigenvalue weighted by Gasteiger charge is -2.47. The number of aliphatic hydroxyl groups excluding tert-OH is 1. The van der Waals surface area contributed by atoms with E-state index >= 15 is 0 Å². The van der Waals surface area contributed by atoms with Gasteiger partial charge in [0.05, 0.1) is 25.0 Å². The number of hydrogen-bond donors (Lipinski definition) is 2. The molecular weight excluding hydrogens is 454 g/mol. The van der Waals surface area contributed by atoms with Gasteiger partial charge in [0.2, 0.25) is 5.13 Å². The number of carbonyl (C=O) groups excluding carboxylic acids is 1. The van der Waals surface area contributed by atoms with Crippen LogP contribution in [0.15, 0.2) is 24.5 Å². The molecule has 4 rings (SSSR count). The summed E-state index contributed by atoms with van der Waals surface area (Å²) in [5.74, 6) is 0.0653. The van der Waals surface area contributed by atoms with Crippen molar-refractivity contribution in [3.8, 4) is 22.1 Å². The van der Waals surface area contributed by atoms with E-state index in [9.17, 15) is 9.90 Å². The maximum atomic E-state index is 13.1. The van der Waals surface area contributed by atoms with Gasteiger partial charge in [0, 0.05) is 34.9 Å². The van der Waals surface area contributed by atoms with E-state index < -0.39 is 12.0 Å². The molecule has 0 spiro atoms. The fourth-order valence-corrected chi connectivity index (χ4v) is 4.21. The van der Waals surface area contributed by atoms with Gasteiger partial charge in [-0.25, -0.2) is 4.98 Å². The van der Waals surface area contributed by atoms with Crippen LogP contribution in [0.1, 0.15) is 36.3 Å². The summed E-state index contributed by atoms with van der Waals surface area (Å²) in [6, 6.07) is 3.42. The molecule has 3 aromatic rings. The molecule has 3 heterocycles. The van der Waals surface area contributed by atoms with Crippen LogP contribution in [0.2, 0.25) is 5.15 Å². The number of halogens is 1. The molecule has 168 valence electrons. The summed E-state index contributed by atoms with van der Waals surface area (Å²) < 4.78 is 11.2. The van der Waals surface area contributed by atoms with Crippen LogP contribution in [-0.4, -0.2) is 50.5 Å². The Morgan fingerprint density at radius 1 is 1.25 bits per heavy atom. The number of carbonyl (C=O) groups is 1. The van der Waals surface area contributed by atoms with E-state index in [2.05, 4.69) is 25.5 Å². The van der Waals surface area contributed by atoms with E-state index in [1.54, 1.807) is 12.1 Å². The van der Waals surface area contributed by atoms with Crippen LogP contribution < -0.4 is 14.8 Å². The summed E-state index contributed by atoms with van der Waals surface area (Å²) in [6.45, 7) is 5.69. The Balaban J connectivity index is 1.57. The summed E-state index contributed by atoms with van der Waals surface area (Å²) >= 11 is 7.20. The number of nitrogens with zero attached hydrogens (tertiary/aromatic N) is 4. The SMILES string of the molecule is COc1cnc(Cl)cc1-c1cc(C)ncc1C(=O)Nc1nnc(O[C@@H]2C[C@@H](O)C2(C)C)s1. The van der Waals surface area contributed by atoms with Crippen molar-refractivity contribution in [1.82, 2.24) is 20.2 Å². The van der Waals surface area contributed by atoms with Crippen molar-refractivity contribution in [2.45, 2.75) is 39.4 Å². The van der Waals surface area contributed by atoms with Gasteiger partial charge in [0.15, 0.2) is 0 Å². The lowest BCUT2D eigenvalue weighted by molar-refractivity contribution is -0.134. The smallest absolute Gasteiger partial charge is 0.296 e. The normalized spacial score (nSPS) is 19.2. The van der Waals surface area contributed by atoms with Crippen molar-refractivity contribution in [2.75, 3.05) is 12.4 Å². The number of amides is 1. The molecule has 1 aliphatic carbocycles. The van der Waals surface area contributed by atoms with Gasteiger partial charge in [-0.3, -0.25) is 15.1 Å². The largest absolute Gasteiger partial charge is 0.494 e. The first kappa shape index (κ1) is 22.4. The van der Waals surface area contributed by atoms with Crippen LogP contribution in [0.4, 0.5) is 5.13 Å². The average molecular weight is 476 g/mol. The molecule has 1 aliphatic rings. The minimum atomic E-state index is -0.412. The topological polar surface area (TPSA) is 119 Å². The molecular formula is C21H22ClN5O4S. The van der Waals surface area contributed by atoms with E-state index in [0.29, 0.717) is 34.1 Å². The Bertz CT molecular complexity index is 1170. The van der Waals surface area contributed by atoms with E-state index in [1.807, 2.05) is 20.8 Å². The second-order valence-electron chi connectivity index (χ2n) is 8.09. The first-order chi connectivity index (χ1) is 15.2. The highest BCUT2D eigenvalue weighted by Crippen LogP contribution is 2.43. The van der Waals surface area contributed by atoms with Crippen LogP contribution in [0.25, 0.3) is 11.1 Å². The summed E-state index contributed by atoms with van der Waals surface area (Å²) in [5.41, 5.74) is 1.90. The van der Waals surface area contributed by atoms with Gasteiger partial charge in [-0.1, -0.05) is 30.5 Å². The lowest BCUT2D eigenvalue weighted by atomic mass is 9.66. The van der Waals surface area contributed by atoms with Gasteiger partial charge in [0.1, 0.15) is 17.0 Å². The summed E-state index contributed by atoms with van der Waals surface area (Å²) in [4.78, 5) is 21.4. The quantitative estimate of drug-likeness (QED) is 0.517. The highest BCUT2D eigenvalue weighted by atomic mass is 35.5. The van der Waals surface area contributed by atoms with E-state index in [-0.39, 0.29) is 21.8 Å². The Kier molecular flexibility index (Phi) is 6.02. The molecule has 0 radical (unpaired) electrons. The molecule has 0 aliphatic heterocycles. The lowest BCUT2D eigenvalue weighted by Crippen LogP contribution is -2.56. The van der Waals surface area contributed by atoms with Crippen LogP contribution in [0.3, 0.4) is 0 Å². The van der Waals surface area contributed by atoms with Crippen LogP contribution >= 0.6 is 22.9 Å². The van der Waals surface area contributed by atoms with Crippen molar-refractivity contribution >= 4 is 34.0 Å². The number of pyridine rings is 2. The molecule has 0 bridgehead atoms. The number of methoxy groups -OCH3 is 1. The number of nitrogens with one attached hydrogen (secondary N) is 1. The van der Waals surface area contributed by atoms with Gasteiger partial charge in [-0.15, -0.1) is 5.10 Å². The maximum Gasteiger partial charge on any atom is 0.296 e. The van der Waals surface area contributed by atoms with Gasteiger partial charge < -0.3 is 14.6 Å². The second kappa shape index (κ2) is 8.61. The average Bonchev–Trinajstić information content (AvgIpc) is 3.20. The molecule has 0 aromatic carbocycles. The molecule has 1 fully saturated rings. The van der Waals surface area contributed by atoms with E-state index in [4.69, 9.17) is 21.1 Å². The fraction of sp³-hybridized carbons (Fsp3) is 0.381. The third-order valence-corrected chi connectivity index (χ3v) is 6.56. The Morgan fingerprint density at radius 2 is 2.03 bits per heavy atom. The third-order valence-electron chi connectivity index (χ3n) is 5.63. The van der Waals surface area contributed by atoms with E-state index in [1.165, 1.54) is 19.5 Å². The maximum absolute atomic E-state index is 13.1. The molecule has 1 amide bonds. The van der Waals surface area contributed by atoms with Crippen molar-refractivity contribution in [3.05, 3.63) is 40.9 Å². The van der Waals surface area contributed by atoms with Crippen molar-refractivity contribution in [1.29, 1.82) is 0 Å². The minimum Gasteiger partial charge on any atom is -0.494 e. The fourth-order valence-electron chi connectivity index (χ4n) is 3.41. The monoisotopic (exact) mass is 475 g/mol. The zero-order valence-corrected chi connectivity index (χ0v) is 19.5. The zero-order chi connectivity index (χ0) is 23.0. The molecule has 9 nitrogen and oxygen atoms in total. The predicted octanol–water partition coefficient (Wildman–Crippen LogP) is 3.76. The number of ether oxygens (including phenoxy) is 2. The Hall–Kier alpha value is -2.82. The third kappa shape index (κ3) is 4.25. The number of rotatable bonds is 6. The molecule has 32 heavy (non-hydrogen) atoms. The molecule has 0 saturated heterocycles.